The predicted octanol–water partition coefficient (Wildman–Crippen LogP) is 4.88. The van der Waals surface area contributed by atoms with Crippen molar-refractivity contribution < 1.29 is 13.9 Å². The van der Waals surface area contributed by atoms with Gasteiger partial charge in [-0.3, -0.25) is 4.90 Å². The first kappa shape index (κ1) is 23.1. The van der Waals surface area contributed by atoms with Crippen LogP contribution in [0.5, 0.6) is 5.75 Å². The summed E-state index contributed by atoms with van der Waals surface area (Å²) in [5.41, 5.74) is 3.55. The average Bonchev–Trinajstić information content (AvgIpc) is 3.22. The van der Waals surface area contributed by atoms with Gasteiger partial charge in [-0.1, -0.05) is 41.4 Å². The molecule has 1 atom stereocenters. The van der Waals surface area contributed by atoms with Gasteiger partial charge in [0.15, 0.2) is 6.61 Å². The Bertz CT molecular complexity index is 1120. The molecule has 7 nitrogen and oxygen atoms in total. The van der Waals surface area contributed by atoms with Crippen LogP contribution in [-0.4, -0.2) is 42.7 Å². The van der Waals surface area contributed by atoms with Crippen molar-refractivity contribution in [3.63, 3.8) is 0 Å². The second-order valence-electron chi connectivity index (χ2n) is 8.05. The van der Waals surface area contributed by atoms with E-state index in [2.05, 4.69) is 27.3 Å². The number of nitrogens with zero attached hydrogens (tertiary/aromatic N) is 3. The molecule has 2 heterocycles. The largest absolute Gasteiger partial charge is 0.484 e. The molecular weight excluding hydrogens is 440 g/mol. The zero-order chi connectivity index (χ0) is 23.2. The second-order valence-corrected chi connectivity index (χ2v) is 8.49. The number of aromatic nitrogens is 1. The summed E-state index contributed by atoms with van der Waals surface area (Å²) in [6.45, 7) is 7.75. The minimum Gasteiger partial charge on any atom is -0.484 e. The molecule has 1 aliphatic rings. The molecule has 2 aromatic carbocycles. The first-order valence-corrected chi connectivity index (χ1v) is 11.3. The van der Waals surface area contributed by atoms with Gasteiger partial charge in [0.25, 0.3) is 0 Å². The smallest absolute Gasteiger partial charge is 0.236 e. The van der Waals surface area contributed by atoms with E-state index in [9.17, 15) is 5.26 Å². The lowest BCUT2D eigenvalue weighted by Crippen LogP contribution is -2.41. The molecule has 33 heavy (non-hydrogen) atoms. The quantitative estimate of drug-likeness (QED) is 0.506. The van der Waals surface area contributed by atoms with Crippen molar-refractivity contribution in [1.29, 1.82) is 5.26 Å². The molecule has 0 aliphatic carbocycles. The number of hydrogen-bond donors (Lipinski definition) is 1. The molecule has 1 aliphatic heterocycles. The Kier molecular flexibility index (Phi) is 7.50. The third-order valence-electron chi connectivity index (χ3n) is 5.66. The van der Waals surface area contributed by atoms with Gasteiger partial charge in [0.1, 0.15) is 11.8 Å². The molecule has 0 radical (unpaired) electrons. The number of aryl methyl sites for hydroxylation is 2. The molecule has 0 amide bonds. The Labute approximate surface area is 198 Å². The van der Waals surface area contributed by atoms with Crippen molar-refractivity contribution in [2.45, 2.75) is 26.5 Å². The van der Waals surface area contributed by atoms with Crippen LogP contribution < -0.4 is 10.1 Å². The predicted molar refractivity (Wildman–Crippen MR) is 127 cm³/mol. The number of morpholine rings is 1. The summed E-state index contributed by atoms with van der Waals surface area (Å²) in [6.07, 6.45) is 0. The molecule has 0 bridgehead atoms. The molecule has 4 rings (SSSR count). The van der Waals surface area contributed by atoms with Gasteiger partial charge in [-0.2, -0.15) is 10.2 Å². The van der Waals surface area contributed by atoms with E-state index in [4.69, 9.17) is 25.5 Å². The molecule has 1 saturated heterocycles. The van der Waals surface area contributed by atoms with Crippen LogP contribution in [0.4, 0.5) is 5.88 Å². The second kappa shape index (κ2) is 10.7. The lowest BCUT2D eigenvalue weighted by Gasteiger charge is -2.34. The van der Waals surface area contributed by atoms with Crippen molar-refractivity contribution in [3.8, 4) is 11.8 Å². The molecule has 1 aromatic heterocycles. The summed E-state index contributed by atoms with van der Waals surface area (Å²) in [7, 11) is 0. The van der Waals surface area contributed by atoms with E-state index in [1.807, 2.05) is 50.2 Å². The fraction of sp³-hybridized carbons (Fsp3) is 0.360. The number of oxazole rings is 1. The Balaban J connectivity index is 1.46. The van der Waals surface area contributed by atoms with E-state index in [-0.39, 0.29) is 18.3 Å². The molecule has 0 spiro atoms. The van der Waals surface area contributed by atoms with Crippen LogP contribution in [-0.2, 0) is 11.3 Å². The number of hydrogen-bond acceptors (Lipinski definition) is 7. The summed E-state index contributed by atoms with van der Waals surface area (Å²) < 4.78 is 17.2. The van der Waals surface area contributed by atoms with Crippen LogP contribution in [0, 0.1) is 25.2 Å². The summed E-state index contributed by atoms with van der Waals surface area (Å²) >= 11 is 6.09. The van der Waals surface area contributed by atoms with E-state index < -0.39 is 0 Å². The summed E-state index contributed by atoms with van der Waals surface area (Å²) in [4.78, 5) is 6.65. The van der Waals surface area contributed by atoms with E-state index >= 15 is 0 Å². The van der Waals surface area contributed by atoms with Crippen LogP contribution in [0.25, 0.3) is 0 Å². The van der Waals surface area contributed by atoms with Crippen molar-refractivity contribution in [2.24, 2.45) is 0 Å². The Morgan fingerprint density at radius 2 is 1.94 bits per heavy atom. The van der Waals surface area contributed by atoms with Crippen molar-refractivity contribution >= 4 is 17.5 Å². The van der Waals surface area contributed by atoms with E-state index in [0.717, 1.165) is 30.0 Å². The highest BCUT2D eigenvalue weighted by Crippen LogP contribution is 2.26. The highest BCUT2D eigenvalue weighted by molar-refractivity contribution is 6.30. The first-order chi connectivity index (χ1) is 16.0. The van der Waals surface area contributed by atoms with Crippen molar-refractivity contribution in [1.82, 2.24) is 9.88 Å². The standard InChI is InChI=1S/C25H27ClN4O3/c1-17-3-8-23(18(2)13-17)32-16-24-29-21(14-27)25(33-24)28-15-22(30-9-11-31-12-10-30)19-4-6-20(26)7-5-19/h3-8,13,22,28H,9-12,15-16H2,1-2H3. The lowest BCUT2D eigenvalue weighted by molar-refractivity contribution is 0.0186. The van der Waals surface area contributed by atoms with Crippen LogP contribution in [0.1, 0.15) is 34.3 Å². The molecule has 1 fully saturated rings. The maximum absolute atomic E-state index is 9.56. The van der Waals surface area contributed by atoms with Crippen LogP contribution in [0.3, 0.4) is 0 Å². The van der Waals surface area contributed by atoms with E-state index in [1.54, 1.807) is 0 Å². The van der Waals surface area contributed by atoms with Gasteiger partial charge in [0, 0.05) is 24.7 Å². The minimum atomic E-state index is 0.0673. The number of halogens is 1. The number of rotatable bonds is 8. The average molecular weight is 467 g/mol. The first-order valence-electron chi connectivity index (χ1n) is 10.9. The molecule has 0 saturated carbocycles. The fourth-order valence-corrected chi connectivity index (χ4v) is 4.07. The number of anilines is 1. The Morgan fingerprint density at radius 3 is 2.64 bits per heavy atom. The highest BCUT2D eigenvalue weighted by Gasteiger charge is 2.24. The minimum absolute atomic E-state index is 0.0673. The number of nitriles is 1. The normalized spacial score (nSPS) is 15.1. The molecule has 1 unspecified atom stereocenters. The SMILES string of the molecule is Cc1ccc(OCc2nc(C#N)c(NCC(c3ccc(Cl)cc3)N3CCOCC3)o2)c(C)c1. The lowest BCUT2D eigenvalue weighted by atomic mass is 10.0. The maximum Gasteiger partial charge on any atom is 0.236 e. The Hall–Kier alpha value is -3.05. The zero-order valence-electron chi connectivity index (χ0n) is 18.8. The van der Waals surface area contributed by atoms with Gasteiger partial charge in [0.2, 0.25) is 17.5 Å². The topological polar surface area (TPSA) is 83.5 Å². The summed E-state index contributed by atoms with van der Waals surface area (Å²) in [6, 6.07) is 16.0. The Morgan fingerprint density at radius 1 is 1.18 bits per heavy atom. The van der Waals surface area contributed by atoms with Gasteiger partial charge < -0.3 is 19.2 Å². The third-order valence-corrected chi connectivity index (χ3v) is 5.91. The zero-order valence-corrected chi connectivity index (χ0v) is 19.6. The maximum atomic E-state index is 9.56. The van der Waals surface area contributed by atoms with Crippen LogP contribution in [0.2, 0.25) is 5.02 Å². The third kappa shape index (κ3) is 5.85. The van der Waals surface area contributed by atoms with E-state index in [1.165, 1.54) is 5.56 Å². The summed E-state index contributed by atoms with van der Waals surface area (Å²) in [5, 5.41) is 13.5. The molecule has 3 aromatic rings. The monoisotopic (exact) mass is 466 g/mol. The van der Waals surface area contributed by atoms with Gasteiger partial charge in [-0.15, -0.1) is 0 Å². The summed E-state index contributed by atoms with van der Waals surface area (Å²) in [5.74, 6) is 1.47. The van der Waals surface area contributed by atoms with Crippen LogP contribution in [0.15, 0.2) is 46.9 Å². The molecule has 172 valence electrons. The van der Waals surface area contributed by atoms with E-state index in [0.29, 0.717) is 36.6 Å². The molecular formula is C25H27ClN4O3. The number of benzene rings is 2. The molecule has 1 N–H and O–H groups in total. The van der Waals surface area contributed by atoms with Crippen molar-refractivity contribution in [2.75, 3.05) is 38.2 Å². The molecule has 8 heteroatoms. The van der Waals surface area contributed by atoms with Crippen molar-refractivity contribution in [3.05, 3.63) is 75.8 Å². The van der Waals surface area contributed by atoms with Crippen LogP contribution >= 0.6 is 11.6 Å². The number of ether oxygens (including phenoxy) is 2. The highest BCUT2D eigenvalue weighted by atomic mass is 35.5. The van der Waals surface area contributed by atoms with Gasteiger partial charge >= 0.3 is 0 Å². The fourth-order valence-electron chi connectivity index (χ4n) is 3.94. The van der Waals surface area contributed by atoms with Gasteiger partial charge in [0.05, 0.1) is 19.3 Å². The number of nitrogens with one attached hydrogen (secondary N) is 1. The van der Waals surface area contributed by atoms with Gasteiger partial charge in [-0.05, 0) is 43.2 Å². The van der Waals surface area contributed by atoms with Gasteiger partial charge in [-0.25, -0.2) is 0 Å².